The Bertz CT molecular complexity index is 376. The van der Waals surface area contributed by atoms with Crippen LogP contribution in [0.5, 0.6) is 0 Å². The topological polar surface area (TPSA) is 46.6 Å². The van der Waals surface area contributed by atoms with Crippen LogP contribution in [0.2, 0.25) is 0 Å². The van der Waals surface area contributed by atoms with Gasteiger partial charge in [-0.05, 0) is 6.42 Å². The lowest BCUT2D eigenvalue weighted by Gasteiger charge is -2.12. The van der Waals surface area contributed by atoms with Gasteiger partial charge in [0.2, 0.25) is 5.91 Å². The van der Waals surface area contributed by atoms with Crippen molar-refractivity contribution in [2.45, 2.75) is 19.3 Å². The van der Waals surface area contributed by atoms with Crippen molar-refractivity contribution in [3.05, 3.63) is 35.9 Å². The minimum atomic E-state index is -0.117. The van der Waals surface area contributed by atoms with Gasteiger partial charge in [0.25, 0.3) is 0 Å². The van der Waals surface area contributed by atoms with E-state index < -0.39 is 0 Å². The average Bonchev–Trinajstić information content (AvgIpc) is 2.38. The molecule has 0 N–H and O–H groups in total. The summed E-state index contributed by atoms with van der Waals surface area (Å²) in [6, 6.07) is 9.10. The second kappa shape index (κ2) is 6.81. The Morgan fingerprint density at radius 2 is 1.82 bits per heavy atom. The molecule has 0 bridgehead atoms. The van der Waals surface area contributed by atoms with E-state index in [-0.39, 0.29) is 11.7 Å². The van der Waals surface area contributed by atoms with Gasteiger partial charge in [0, 0.05) is 25.5 Å². The van der Waals surface area contributed by atoms with Crippen LogP contribution in [-0.2, 0) is 9.63 Å². The quantitative estimate of drug-likeness (QED) is 0.560. The zero-order valence-corrected chi connectivity index (χ0v) is 10.2. The van der Waals surface area contributed by atoms with Crippen LogP contribution in [0, 0.1) is 0 Å². The van der Waals surface area contributed by atoms with E-state index in [0.29, 0.717) is 24.8 Å². The number of ketones is 1. The molecule has 1 rings (SSSR count). The zero-order valence-electron chi connectivity index (χ0n) is 10.2. The summed E-state index contributed by atoms with van der Waals surface area (Å²) in [5.74, 6) is -0.0492. The van der Waals surface area contributed by atoms with Crippen molar-refractivity contribution in [1.29, 1.82) is 0 Å². The minimum absolute atomic E-state index is 0.0680. The van der Waals surface area contributed by atoms with Gasteiger partial charge in [-0.1, -0.05) is 30.3 Å². The molecule has 0 saturated heterocycles. The predicted octanol–water partition coefficient (Wildman–Crippen LogP) is 2.06. The van der Waals surface area contributed by atoms with Gasteiger partial charge in [-0.2, -0.15) is 0 Å². The fraction of sp³-hybridized carbons (Fsp3) is 0.385. The third-order valence-electron chi connectivity index (χ3n) is 2.52. The Kier molecular flexibility index (Phi) is 5.36. The van der Waals surface area contributed by atoms with E-state index in [4.69, 9.17) is 4.84 Å². The summed E-state index contributed by atoms with van der Waals surface area (Å²) in [4.78, 5) is 27.8. The second-order valence-electron chi connectivity index (χ2n) is 3.72. The van der Waals surface area contributed by atoms with Crippen LogP contribution >= 0.6 is 0 Å². The molecule has 17 heavy (non-hydrogen) atoms. The third-order valence-corrected chi connectivity index (χ3v) is 2.52. The van der Waals surface area contributed by atoms with Gasteiger partial charge in [0.1, 0.15) is 0 Å². The lowest BCUT2D eigenvalue weighted by molar-refractivity contribution is -0.168. The normalized spacial score (nSPS) is 10.0. The summed E-state index contributed by atoms with van der Waals surface area (Å²) < 4.78 is 0. The van der Waals surface area contributed by atoms with E-state index >= 15 is 0 Å². The largest absolute Gasteiger partial charge is 0.294 e. The molecule has 0 heterocycles. The summed E-state index contributed by atoms with van der Waals surface area (Å²) in [6.07, 6.45) is 1.25. The van der Waals surface area contributed by atoms with Gasteiger partial charge in [-0.15, -0.1) is 0 Å². The number of carbonyl (C=O) groups is 2. The van der Waals surface area contributed by atoms with Crippen LogP contribution in [0.4, 0.5) is 0 Å². The lowest BCUT2D eigenvalue weighted by atomic mass is 10.1. The van der Waals surface area contributed by atoms with Gasteiger partial charge >= 0.3 is 0 Å². The molecule has 0 atom stereocenters. The fourth-order valence-corrected chi connectivity index (χ4v) is 1.43. The minimum Gasteiger partial charge on any atom is -0.294 e. The van der Waals surface area contributed by atoms with Gasteiger partial charge in [-0.25, -0.2) is 5.06 Å². The summed E-state index contributed by atoms with van der Waals surface area (Å²) >= 11 is 0. The Hall–Kier alpha value is -1.68. The molecule has 4 heteroatoms. The number of benzene rings is 1. The van der Waals surface area contributed by atoms with Crippen molar-refractivity contribution in [2.24, 2.45) is 0 Å². The molecule has 0 aromatic heterocycles. The molecule has 0 aliphatic rings. The molecule has 0 fully saturated rings. The third kappa shape index (κ3) is 4.36. The average molecular weight is 235 g/mol. The molecule has 0 spiro atoms. The standard InChI is InChI=1S/C13H17NO3/c1-14(17-2)13(16)10-6-9-12(15)11-7-4-3-5-8-11/h3-5,7-8H,6,9-10H2,1-2H3. The first-order valence-corrected chi connectivity index (χ1v) is 5.54. The maximum absolute atomic E-state index is 11.7. The highest BCUT2D eigenvalue weighted by molar-refractivity contribution is 5.96. The van der Waals surface area contributed by atoms with Crippen LogP contribution in [0.25, 0.3) is 0 Å². The van der Waals surface area contributed by atoms with Crippen LogP contribution in [0.15, 0.2) is 30.3 Å². The van der Waals surface area contributed by atoms with E-state index in [1.165, 1.54) is 12.2 Å². The van der Waals surface area contributed by atoms with Crippen molar-refractivity contribution in [1.82, 2.24) is 5.06 Å². The molecule has 1 aromatic rings. The molecule has 4 nitrogen and oxygen atoms in total. The maximum Gasteiger partial charge on any atom is 0.245 e. The number of carbonyl (C=O) groups excluding carboxylic acids is 2. The highest BCUT2D eigenvalue weighted by Gasteiger charge is 2.10. The molecule has 1 aromatic carbocycles. The number of hydrogen-bond donors (Lipinski definition) is 0. The Morgan fingerprint density at radius 1 is 1.18 bits per heavy atom. The summed E-state index contributed by atoms with van der Waals surface area (Å²) in [7, 11) is 2.99. The predicted molar refractivity (Wildman–Crippen MR) is 64.4 cm³/mol. The van der Waals surface area contributed by atoms with E-state index in [9.17, 15) is 9.59 Å². The van der Waals surface area contributed by atoms with Crippen molar-refractivity contribution >= 4 is 11.7 Å². The number of hydrogen-bond acceptors (Lipinski definition) is 3. The molecule has 0 radical (unpaired) electrons. The number of Topliss-reactive ketones (excluding diaryl/α,β-unsaturated/α-hetero) is 1. The molecule has 0 aliphatic carbocycles. The van der Waals surface area contributed by atoms with Crippen LogP contribution in [-0.4, -0.2) is 30.9 Å². The van der Waals surface area contributed by atoms with Gasteiger partial charge in [0.15, 0.2) is 5.78 Å². The second-order valence-corrected chi connectivity index (χ2v) is 3.72. The van der Waals surface area contributed by atoms with E-state index in [2.05, 4.69) is 0 Å². The van der Waals surface area contributed by atoms with Crippen molar-refractivity contribution in [2.75, 3.05) is 14.2 Å². The van der Waals surface area contributed by atoms with Crippen LogP contribution in [0.3, 0.4) is 0 Å². The zero-order chi connectivity index (χ0) is 12.7. The SMILES string of the molecule is CON(C)C(=O)CCCC(=O)c1ccccc1. The van der Waals surface area contributed by atoms with Crippen LogP contribution < -0.4 is 0 Å². The van der Waals surface area contributed by atoms with Gasteiger partial charge < -0.3 is 0 Å². The molecule has 0 aliphatic heterocycles. The molecule has 1 amide bonds. The van der Waals surface area contributed by atoms with E-state index in [0.717, 1.165) is 0 Å². The number of hydroxylamine groups is 2. The first kappa shape index (κ1) is 13.4. The molecule has 0 unspecified atom stereocenters. The monoisotopic (exact) mass is 235 g/mol. The highest BCUT2D eigenvalue weighted by Crippen LogP contribution is 2.07. The molecular formula is C13H17NO3. The maximum atomic E-state index is 11.7. The fourth-order valence-electron chi connectivity index (χ4n) is 1.43. The smallest absolute Gasteiger partial charge is 0.245 e. The van der Waals surface area contributed by atoms with Crippen molar-refractivity contribution < 1.29 is 14.4 Å². The summed E-state index contributed by atoms with van der Waals surface area (Å²) in [5, 5.41) is 1.17. The highest BCUT2D eigenvalue weighted by atomic mass is 16.7. The van der Waals surface area contributed by atoms with Crippen molar-refractivity contribution in [3.8, 4) is 0 Å². The Labute approximate surface area is 101 Å². The number of rotatable bonds is 6. The Balaban J connectivity index is 2.33. The van der Waals surface area contributed by atoms with E-state index in [1.807, 2.05) is 18.2 Å². The first-order chi connectivity index (χ1) is 8.15. The first-order valence-electron chi connectivity index (χ1n) is 5.54. The van der Waals surface area contributed by atoms with Crippen molar-refractivity contribution in [3.63, 3.8) is 0 Å². The van der Waals surface area contributed by atoms with Gasteiger partial charge in [0.05, 0.1) is 7.11 Å². The summed E-state index contributed by atoms with van der Waals surface area (Å²) in [6.45, 7) is 0. The molecule has 0 saturated carbocycles. The van der Waals surface area contributed by atoms with Gasteiger partial charge in [-0.3, -0.25) is 14.4 Å². The Morgan fingerprint density at radius 3 is 2.41 bits per heavy atom. The van der Waals surface area contributed by atoms with Crippen LogP contribution in [0.1, 0.15) is 29.6 Å². The summed E-state index contributed by atoms with van der Waals surface area (Å²) in [5.41, 5.74) is 0.694. The molecular weight excluding hydrogens is 218 g/mol. The molecule has 92 valence electrons. The number of amides is 1. The lowest BCUT2D eigenvalue weighted by Crippen LogP contribution is -2.25. The van der Waals surface area contributed by atoms with E-state index in [1.54, 1.807) is 19.2 Å². The number of nitrogens with zero attached hydrogens (tertiary/aromatic N) is 1.